The molecule has 0 aliphatic carbocycles. The maximum Gasteiger partial charge on any atom is 0.224 e. The molecule has 146 valence electrons. The van der Waals surface area contributed by atoms with Crippen LogP contribution in [-0.2, 0) is 17.8 Å². The van der Waals surface area contributed by atoms with Gasteiger partial charge < -0.3 is 9.88 Å². The molecule has 1 N–H and O–H groups in total. The molecule has 0 saturated carbocycles. The normalized spacial score (nSPS) is 10.9. The van der Waals surface area contributed by atoms with Crippen LogP contribution >= 0.6 is 0 Å². The van der Waals surface area contributed by atoms with E-state index < -0.39 is 0 Å². The lowest BCUT2D eigenvalue weighted by atomic mass is 10.1. The fourth-order valence-electron chi connectivity index (χ4n) is 3.54. The Labute approximate surface area is 169 Å². The molecule has 0 unspecified atom stereocenters. The number of hydrogen-bond acceptors (Lipinski definition) is 2. The van der Waals surface area contributed by atoms with Crippen LogP contribution < -0.4 is 5.32 Å². The number of aromatic nitrogens is 2. The van der Waals surface area contributed by atoms with Gasteiger partial charge in [-0.2, -0.15) is 0 Å². The van der Waals surface area contributed by atoms with Crippen molar-refractivity contribution < 1.29 is 9.18 Å². The van der Waals surface area contributed by atoms with Crippen molar-refractivity contribution in [1.29, 1.82) is 0 Å². The number of rotatable bonds is 7. The van der Waals surface area contributed by atoms with E-state index in [0.717, 1.165) is 29.6 Å². The minimum absolute atomic E-state index is 0.00579. The average molecular weight is 387 g/mol. The highest BCUT2D eigenvalue weighted by molar-refractivity contribution is 5.90. The molecular formula is C24H22FN3O. The van der Waals surface area contributed by atoms with Gasteiger partial charge in [0.1, 0.15) is 5.82 Å². The lowest BCUT2D eigenvalue weighted by Crippen LogP contribution is -2.11. The maximum absolute atomic E-state index is 13.2. The molecule has 5 heteroatoms. The Hall–Kier alpha value is -3.47. The average Bonchev–Trinajstić information content (AvgIpc) is 3.08. The van der Waals surface area contributed by atoms with Gasteiger partial charge in [0, 0.05) is 48.1 Å². The summed E-state index contributed by atoms with van der Waals surface area (Å²) in [6, 6.07) is 18.4. The van der Waals surface area contributed by atoms with E-state index in [1.165, 1.54) is 23.1 Å². The molecule has 2 aromatic heterocycles. The van der Waals surface area contributed by atoms with E-state index in [-0.39, 0.29) is 11.7 Å². The van der Waals surface area contributed by atoms with E-state index in [1.807, 2.05) is 24.3 Å². The van der Waals surface area contributed by atoms with Crippen LogP contribution in [0.25, 0.3) is 10.9 Å². The van der Waals surface area contributed by atoms with E-state index in [0.29, 0.717) is 13.0 Å². The van der Waals surface area contributed by atoms with Gasteiger partial charge in [-0.25, -0.2) is 4.39 Å². The first-order valence-electron chi connectivity index (χ1n) is 9.70. The Morgan fingerprint density at radius 1 is 1.00 bits per heavy atom. The maximum atomic E-state index is 13.2. The monoisotopic (exact) mass is 387 g/mol. The lowest BCUT2D eigenvalue weighted by Gasteiger charge is -2.05. The summed E-state index contributed by atoms with van der Waals surface area (Å²) in [4.78, 5) is 16.1. The third kappa shape index (κ3) is 4.69. The zero-order valence-corrected chi connectivity index (χ0v) is 16.0. The molecule has 2 aromatic carbocycles. The first-order valence-corrected chi connectivity index (χ1v) is 9.70. The summed E-state index contributed by atoms with van der Waals surface area (Å²) < 4.78 is 15.4. The van der Waals surface area contributed by atoms with E-state index in [2.05, 4.69) is 33.2 Å². The second-order valence-electron chi connectivity index (χ2n) is 7.06. The summed E-state index contributed by atoms with van der Waals surface area (Å²) in [5.41, 5.74) is 4.18. The van der Waals surface area contributed by atoms with Gasteiger partial charge in [0.25, 0.3) is 0 Å². The standard InChI is InChI=1S/C24H22FN3O/c25-20-10-8-18(9-11-20)16-28-17-19(22-5-1-2-6-23(22)28)4-3-7-24(29)27-21-12-14-26-15-13-21/h1-2,5-6,8-15,17H,3-4,7,16H2,(H,26,27,29). The van der Waals surface area contributed by atoms with Crippen molar-refractivity contribution in [2.75, 3.05) is 5.32 Å². The van der Waals surface area contributed by atoms with Gasteiger partial charge in [0.05, 0.1) is 0 Å². The largest absolute Gasteiger partial charge is 0.343 e. The molecule has 2 heterocycles. The number of para-hydroxylation sites is 1. The third-order valence-corrected chi connectivity index (χ3v) is 4.95. The van der Waals surface area contributed by atoms with Crippen molar-refractivity contribution in [2.45, 2.75) is 25.8 Å². The number of hydrogen-bond donors (Lipinski definition) is 1. The van der Waals surface area contributed by atoms with Crippen molar-refractivity contribution in [1.82, 2.24) is 9.55 Å². The van der Waals surface area contributed by atoms with Gasteiger partial charge >= 0.3 is 0 Å². The molecule has 0 fully saturated rings. The van der Waals surface area contributed by atoms with Crippen LogP contribution in [0, 0.1) is 5.82 Å². The Balaban J connectivity index is 1.43. The number of benzene rings is 2. The topological polar surface area (TPSA) is 46.9 Å². The molecule has 4 rings (SSSR count). The molecule has 0 aliphatic heterocycles. The van der Waals surface area contributed by atoms with E-state index in [9.17, 15) is 9.18 Å². The predicted octanol–water partition coefficient (Wildman–Crippen LogP) is 5.19. The highest BCUT2D eigenvalue weighted by Crippen LogP contribution is 2.24. The van der Waals surface area contributed by atoms with Crippen molar-refractivity contribution in [3.8, 4) is 0 Å². The summed E-state index contributed by atoms with van der Waals surface area (Å²) >= 11 is 0. The first kappa shape index (κ1) is 18.9. The number of halogens is 1. The molecule has 0 radical (unpaired) electrons. The number of nitrogens with one attached hydrogen (secondary N) is 1. The number of carbonyl (C=O) groups excluding carboxylic acids is 1. The minimum Gasteiger partial charge on any atom is -0.343 e. The van der Waals surface area contributed by atoms with Gasteiger partial charge in [-0.15, -0.1) is 0 Å². The van der Waals surface area contributed by atoms with Gasteiger partial charge in [-0.05, 0) is 54.3 Å². The van der Waals surface area contributed by atoms with E-state index in [1.54, 1.807) is 24.5 Å². The van der Waals surface area contributed by atoms with E-state index >= 15 is 0 Å². The number of carbonyl (C=O) groups is 1. The van der Waals surface area contributed by atoms with Crippen molar-refractivity contribution in [3.05, 3.63) is 96.2 Å². The number of pyridine rings is 1. The number of anilines is 1. The highest BCUT2D eigenvalue weighted by Gasteiger charge is 2.10. The van der Waals surface area contributed by atoms with Gasteiger partial charge in [0.15, 0.2) is 0 Å². The third-order valence-electron chi connectivity index (χ3n) is 4.95. The first-order chi connectivity index (χ1) is 14.2. The van der Waals surface area contributed by atoms with Gasteiger partial charge in [-0.1, -0.05) is 30.3 Å². The minimum atomic E-state index is -0.225. The smallest absolute Gasteiger partial charge is 0.224 e. The number of fused-ring (bicyclic) bond motifs is 1. The Morgan fingerprint density at radius 2 is 1.76 bits per heavy atom. The van der Waals surface area contributed by atoms with Crippen LogP contribution in [0.4, 0.5) is 10.1 Å². The lowest BCUT2D eigenvalue weighted by molar-refractivity contribution is -0.116. The second kappa shape index (κ2) is 8.69. The molecule has 4 aromatic rings. The van der Waals surface area contributed by atoms with Crippen LogP contribution in [0.1, 0.15) is 24.0 Å². The van der Waals surface area contributed by atoms with Crippen molar-refractivity contribution in [2.24, 2.45) is 0 Å². The summed E-state index contributed by atoms with van der Waals surface area (Å²) in [5, 5.41) is 4.09. The van der Waals surface area contributed by atoms with Gasteiger partial charge in [-0.3, -0.25) is 9.78 Å². The highest BCUT2D eigenvalue weighted by atomic mass is 19.1. The van der Waals surface area contributed by atoms with Gasteiger partial charge in [0.2, 0.25) is 5.91 Å². The molecule has 29 heavy (non-hydrogen) atoms. The SMILES string of the molecule is O=C(CCCc1cn(Cc2ccc(F)cc2)c2ccccc12)Nc1ccncc1. The summed E-state index contributed by atoms with van der Waals surface area (Å²) in [7, 11) is 0. The van der Waals surface area contributed by atoms with Crippen LogP contribution in [0.15, 0.2) is 79.3 Å². The number of amides is 1. The summed E-state index contributed by atoms with van der Waals surface area (Å²) in [6.07, 6.45) is 7.51. The molecule has 0 aliphatic rings. The predicted molar refractivity (Wildman–Crippen MR) is 113 cm³/mol. The Bertz CT molecular complexity index is 1100. The Morgan fingerprint density at radius 3 is 2.55 bits per heavy atom. The molecule has 0 atom stereocenters. The fraction of sp³-hybridized carbons (Fsp3) is 0.167. The molecular weight excluding hydrogens is 365 g/mol. The fourth-order valence-corrected chi connectivity index (χ4v) is 3.54. The van der Waals surface area contributed by atoms with Crippen molar-refractivity contribution >= 4 is 22.5 Å². The summed E-state index contributed by atoms with van der Waals surface area (Å²) in [5.74, 6) is -0.219. The van der Waals surface area contributed by atoms with Crippen LogP contribution in [-0.4, -0.2) is 15.5 Å². The zero-order valence-electron chi connectivity index (χ0n) is 16.0. The number of nitrogens with zero attached hydrogens (tertiary/aromatic N) is 2. The van der Waals surface area contributed by atoms with Crippen LogP contribution in [0.3, 0.4) is 0 Å². The Kier molecular flexibility index (Phi) is 5.66. The molecule has 0 bridgehead atoms. The van der Waals surface area contributed by atoms with E-state index in [4.69, 9.17) is 0 Å². The molecule has 1 amide bonds. The second-order valence-corrected chi connectivity index (χ2v) is 7.06. The van der Waals surface area contributed by atoms with Crippen LogP contribution in [0.5, 0.6) is 0 Å². The summed E-state index contributed by atoms with van der Waals surface area (Å²) in [6.45, 7) is 0.684. The van der Waals surface area contributed by atoms with Crippen molar-refractivity contribution in [3.63, 3.8) is 0 Å². The molecule has 0 saturated heterocycles. The quantitative estimate of drug-likeness (QED) is 0.475. The molecule has 4 nitrogen and oxygen atoms in total. The zero-order chi connectivity index (χ0) is 20.1. The van der Waals surface area contributed by atoms with Crippen LogP contribution in [0.2, 0.25) is 0 Å². The number of aryl methyl sites for hydroxylation is 1. The molecule has 0 spiro atoms.